The predicted octanol–water partition coefficient (Wildman–Crippen LogP) is 1.02. The lowest BCUT2D eigenvalue weighted by Gasteiger charge is -2.20. The lowest BCUT2D eigenvalue weighted by Crippen LogP contribution is -2.32. The summed E-state index contributed by atoms with van der Waals surface area (Å²) in [6.07, 6.45) is 0.592. The average molecular weight is 237 g/mol. The smallest absolute Gasteiger partial charge is 0.253 e. The zero-order chi connectivity index (χ0) is 12.7. The topological polar surface area (TPSA) is 60.8 Å². The van der Waals surface area contributed by atoms with Crippen LogP contribution in [0.1, 0.15) is 29.3 Å². The van der Waals surface area contributed by atoms with E-state index >= 15 is 0 Å². The van der Waals surface area contributed by atoms with Crippen molar-refractivity contribution in [3.63, 3.8) is 0 Å². The maximum Gasteiger partial charge on any atom is 0.253 e. The van der Waals surface area contributed by atoms with Crippen molar-refractivity contribution in [2.24, 2.45) is 0 Å². The van der Waals surface area contributed by atoms with Crippen molar-refractivity contribution in [1.82, 2.24) is 4.90 Å². The standard InChI is InChI=1S/C13H19NO3/c1-2-14(8-3-9-15)13(17)12-6-4-11(10-16)5-7-12/h4-7,15-16H,2-3,8-10H2,1H3. The van der Waals surface area contributed by atoms with Crippen molar-refractivity contribution in [3.05, 3.63) is 35.4 Å². The van der Waals surface area contributed by atoms with Gasteiger partial charge in [-0.1, -0.05) is 12.1 Å². The van der Waals surface area contributed by atoms with E-state index in [0.29, 0.717) is 25.1 Å². The summed E-state index contributed by atoms with van der Waals surface area (Å²) in [4.78, 5) is 13.8. The fourth-order valence-corrected chi connectivity index (χ4v) is 1.60. The highest BCUT2D eigenvalue weighted by Crippen LogP contribution is 2.08. The highest BCUT2D eigenvalue weighted by atomic mass is 16.3. The molecule has 0 aliphatic carbocycles. The molecule has 1 aromatic rings. The Bertz CT molecular complexity index is 348. The molecule has 0 atom stereocenters. The van der Waals surface area contributed by atoms with E-state index in [-0.39, 0.29) is 19.1 Å². The second-order valence-electron chi connectivity index (χ2n) is 3.82. The number of rotatable bonds is 6. The van der Waals surface area contributed by atoms with Crippen LogP contribution in [0.5, 0.6) is 0 Å². The molecule has 0 spiro atoms. The fourth-order valence-electron chi connectivity index (χ4n) is 1.60. The quantitative estimate of drug-likeness (QED) is 0.776. The van der Waals surface area contributed by atoms with Crippen molar-refractivity contribution in [2.75, 3.05) is 19.7 Å². The highest BCUT2D eigenvalue weighted by Gasteiger charge is 2.13. The zero-order valence-corrected chi connectivity index (χ0v) is 10.1. The Morgan fingerprint density at radius 3 is 2.35 bits per heavy atom. The third kappa shape index (κ3) is 3.84. The molecule has 1 aromatic carbocycles. The van der Waals surface area contributed by atoms with Gasteiger partial charge in [0.05, 0.1) is 6.61 Å². The van der Waals surface area contributed by atoms with E-state index in [9.17, 15) is 4.79 Å². The number of benzene rings is 1. The van der Waals surface area contributed by atoms with Gasteiger partial charge in [0.15, 0.2) is 0 Å². The van der Waals surface area contributed by atoms with Gasteiger partial charge in [0.2, 0.25) is 0 Å². The first-order valence-electron chi connectivity index (χ1n) is 5.82. The van der Waals surface area contributed by atoms with E-state index in [1.54, 1.807) is 29.2 Å². The molecule has 0 unspecified atom stereocenters. The molecule has 0 aromatic heterocycles. The van der Waals surface area contributed by atoms with Crippen molar-refractivity contribution < 1.29 is 15.0 Å². The van der Waals surface area contributed by atoms with Gasteiger partial charge in [-0.05, 0) is 31.0 Å². The van der Waals surface area contributed by atoms with Crippen LogP contribution < -0.4 is 0 Å². The summed E-state index contributed by atoms with van der Waals surface area (Å²) in [5.41, 5.74) is 1.40. The van der Waals surface area contributed by atoms with E-state index < -0.39 is 0 Å². The van der Waals surface area contributed by atoms with Gasteiger partial charge >= 0.3 is 0 Å². The van der Waals surface area contributed by atoms with Gasteiger partial charge in [-0.3, -0.25) is 4.79 Å². The minimum Gasteiger partial charge on any atom is -0.396 e. The summed E-state index contributed by atoms with van der Waals surface area (Å²) < 4.78 is 0. The number of hydrogen-bond acceptors (Lipinski definition) is 3. The second-order valence-corrected chi connectivity index (χ2v) is 3.82. The van der Waals surface area contributed by atoms with Gasteiger partial charge in [-0.25, -0.2) is 0 Å². The van der Waals surface area contributed by atoms with Crippen LogP contribution in [0.3, 0.4) is 0 Å². The molecule has 0 fully saturated rings. The summed E-state index contributed by atoms with van der Waals surface area (Å²) in [5.74, 6) is -0.0366. The summed E-state index contributed by atoms with van der Waals surface area (Å²) in [6, 6.07) is 6.92. The fraction of sp³-hybridized carbons (Fsp3) is 0.462. The Morgan fingerprint density at radius 2 is 1.88 bits per heavy atom. The van der Waals surface area contributed by atoms with Crippen molar-refractivity contribution in [2.45, 2.75) is 20.0 Å². The van der Waals surface area contributed by atoms with Gasteiger partial charge in [-0.15, -0.1) is 0 Å². The van der Waals surface area contributed by atoms with Crippen LogP contribution in [-0.2, 0) is 6.61 Å². The van der Waals surface area contributed by atoms with Crippen LogP contribution in [0, 0.1) is 0 Å². The predicted molar refractivity (Wildman–Crippen MR) is 65.6 cm³/mol. The van der Waals surface area contributed by atoms with Crippen LogP contribution in [0.25, 0.3) is 0 Å². The Kier molecular flexibility index (Phi) is 5.66. The van der Waals surface area contributed by atoms with Gasteiger partial charge in [0.25, 0.3) is 5.91 Å². The lowest BCUT2D eigenvalue weighted by atomic mass is 10.1. The minimum absolute atomic E-state index is 0.0174. The first-order chi connectivity index (χ1) is 8.22. The van der Waals surface area contributed by atoms with Crippen LogP contribution in [0.2, 0.25) is 0 Å². The van der Waals surface area contributed by atoms with E-state index in [1.165, 1.54) is 0 Å². The minimum atomic E-state index is -0.0366. The molecular formula is C13H19NO3. The summed E-state index contributed by atoms with van der Waals surface area (Å²) in [7, 11) is 0. The van der Waals surface area contributed by atoms with Crippen molar-refractivity contribution in [1.29, 1.82) is 0 Å². The summed E-state index contributed by atoms with van der Waals surface area (Å²) in [5, 5.41) is 17.7. The number of nitrogens with zero attached hydrogens (tertiary/aromatic N) is 1. The van der Waals surface area contributed by atoms with E-state index in [2.05, 4.69) is 0 Å². The monoisotopic (exact) mass is 237 g/mol. The van der Waals surface area contributed by atoms with Gasteiger partial charge in [-0.2, -0.15) is 0 Å². The molecule has 0 bridgehead atoms. The van der Waals surface area contributed by atoms with E-state index in [1.807, 2.05) is 6.92 Å². The Hall–Kier alpha value is -1.39. The maximum atomic E-state index is 12.1. The van der Waals surface area contributed by atoms with E-state index in [0.717, 1.165) is 5.56 Å². The SMILES string of the molecule is CCN(CCCO)C(=O)c1ccc(CO)cc1. The van der Waals surface area contributed by atoms with Gasteiger partial charge in [0.1, 0.15) is 0 Å². The first kappa shape index (κ1) is 13.7. The molecular weight excluding hydrogens is 218 g/mol. The zero-order valence-electron chi connectivity index (χ0n) is 10.1. The molecule has 0 heterocycles. The van der Waals surface area contributed by atoms with Crippen LogP contribution in [0.4, 0.5) is 0 Å². The molecule has 1 rings (SSSR count). The number of amides is 1. The molecule has 17 heavy (non-hydrogen) atoms. The lowest BCUT2D eigenvalue weighted by molar-refractivity contribution is 0.0754. The normalized spacial score (nSPS) is 10.3. The molecule has 0 radical (unpaired) electrons. The number of carbonyl (C=O) groups is 1. The summed E-state index contributed by atoms with van der Waals surface area (Å²) in [6.45, 7) is 3.18. The molecule has 0 saturated carbocycles. The Morgan fingerprint density at radius 1 is 1.24 bits per heavy atom. The molecule has 94 valence electrons. The number of aliphatic hydroxyl groups excluding tert-OH is 2. The van der Waals surface area contributed by atoms with Gasteiger partial charge < -0.3 is 15.1 Å². The van der Waals surface area contributed by atoms with Crippen LogP contribution in [-0.4, -0.2) is 40.7 Å². The molecule has 4 nitrogen and oxygen atoms in total. The van der Waals surface area contributed by atoms with Crippen molar-refractivity contribution in [3.8, 4) is 0 Å². The summed E-state index contributed by atoms with van der Waals surface area (Å²) >= 11 is 0. The molecule has 1 amide bonds. The maximum absolute atomic E-state index is 12.1. The third-order valence-corrected chi connectivity index (χ3v) is 2.64. The highest BCUT2D eigenvalue weighted by molar-refractivity contribution is 5.94. The average Bonchev–Trinajstić information content (AvgIpc) is 2.39. The van der Waals surface area contributed by atoms with Crippen LogP contribution in [0.15, 0.2) is 24.3 Å². The molecule has 2 N–H and O–H groups in total. The third-order valence-electron chi connectivity index (χ3n) is 2.64. The molecule has 0 saturated heterocycles. The number of carbonyl (C=O) groups excluding carboxylic acids is 1. The molecule has 0 aliphatic rings. The Labute approximate surface area is 101 Å². The first-order valence-corrected chi connectivity index (χ1v) is 5.82. The van der Waals surface area contributed by atoms with E-state index in [4.69, 9.17) is 10.2 Å². The molecule has 0 aliphatic heterocycles. The largest absolute Gasteiger partial charge is 0.396 e. The molecule has 4 heteroatoms. The van der Waals surface area contributed by atoms with Crippen molar-refractivity contribution >= 4 is 5.91 Å². The second kappa shape index (κ2) is 7.04. The Balaban J connectivity index is 2.71. The number of hydrogen-bond donors (Lipinski definition) is 2. The number of aliphatic hydroxyl groups is 2. The van der Waals surface area contributed by atoms with Crippen LogP contribution >= 0.6 is 0 Å². The van der Waals surface area contributed by atoms with Gasteiger partial charge in [0, 0.05) is 25.3 Å².